The highest BCUT2D eigenvalue weighted by Crippen LogP contribution is 2.39. The van der Waals surface area contributed by atoms with Gasteiger partial charge in [-0.1, -0.05) is 44.5 Å². The molecule has 0 unspecified atom stereocenters. The molecule has 0 aliphatic carbocycles. The summed E-state index contributed by atoms with van der Waals surface area (Å²) < 4.78 is 17.2. The third-order valence-electron chi connectivity index (χ3n) is 8.19. The van der Waals surface area contributed by atoms with Crippen molar-refractivity contribution >= 4 is 5.91 Å². The van der Waals surface area contributed by atoms with Crippen LogP contribution in [-0.4, -0.2) is 61.8 Å². The van der Waals surface area contributed by atoms with Gasteiger partial charge in [0.25, 0.3) is 0 Å². The van der Waals surface area contributed by atoms with Crippen LogP contribution in [0.25, 0.3) is 0 Å². The molecule has 1 saturated heterocycles. The molecule has 5 rings (SSSR count). The largest absolute Gasteiger partial charge is 0.492 e. The second-order valence-electron chi connectivity index (χ2n) is 11.5. The number of aryl methyl sites for hydroxylation is 1. The van der Waals surface area contributed by atoms with Crippen molar-refractivity contribution < 1.29 is 19.0 Å². The summed E-state index contributed by atoms with van der Waals surface area (Å²) in [5, 5.41) is 0. The van der Waals surface area contributed by atoms with Gasteiger partial charge in [-0.2, -0.15) is 0 Å². The molecule has 1 amide bonds. The SMILES string of the molecule is CC(C)CN1CCOc2ccccc2CCCCC2(CCN(C(=O)Cc3ccc4c(c3)OCO4)CC2)C1. The molecule has 3 aliphatic heterocycles. The maximum atomic E-state index is 13.2. The summed E-state index contributed by atoms with van der Waals surface area (Å²) >= 11 is 0. The number of rotatable bonds is 4. The summed E-state index contributed by atoms with van der Waals surface area (Å²) in [6.07, 6.45) is 7.27. The summed E-state index contributed by atoms with van der Waals surface area (Å²) in [6.45, 7) is 10.4. The van der Waals surface area contributed by atoms with Crippen molar-refractivity contribution in [3.63, 3.8) is 0 Å². The zero-order chi connectivity index (χ0) is 25.7. The predicted octanol–water partition coefficient (Wildman–Crippen LogP) is 5.33. The number of likely N-dealkylation sites (tertiary alicyclic amines) is 1. The zero-order valence-electron chi connectivity index (χ0n) is 22.5. The van der Waals surface area contributed by atoms with E-state index in [9.17, 15) is 4.79 Å². The molecule has 3 heterocycles. The van der Waals surface area contributed by atoms with Gasteiger partial charge in [0.05, 0.1) is 6.42 Å². The molecular weight excluding hydrogens is 464 g/mol. The van der Waals surface area contributed by atoms with E-state index in [0.29, 0.717) is 12.3 Å². The predicted molar refractivity (Wildman–Crippen MR) is 145 cm³/mol. The maximum absolute atomic E-state index is 13.2. The number of fused-ring (bicyclic) bond motifs is 2. The van der Waals surface area contributed by atoms with Crippen LogP contribution in [-0.2, 0) is 17.6 Å². The molecular formula is C31H42N2O4. The van der Waals surface area contributed by atoms with E-state index >= 15 is 0 Å². The Bertz CT molecular complexity index is 1060. The van der Waals surface area contributed by atoms with Gasteiger partial charge in [0.15, 0.2) is 11.5 Å². The fraction of sp³-hybridized carbons (Fsp3) is 0.581. The van der Waals surface area contributed by atoms with Crippen molar-refractivity contribution in [2.45, 2.75) is 58.8 Å². The normalized spacial score (nSPS) is 20.1. The Balaban J connectivity index is 1.23. The molecule has 2 aromatic rings. The lowest BCUT2D eigenvalue weighted by Crippen LogP contribution is -2.49. The number of nitrogens with zero attached hydrogens (tertiary/aromatic N) is 2. The number of ether oxygens (including phenoxy) is 3. The molecule has 37 heavy (non-hydrogen) atoms. The lowest BCUT2D eigenvalue weighted by atomic mass is 9.73. The second kappa shape index (κ2) is 11.8. The first-order valence-corrected chi connectivity index (χ1v) is 14.1. The third-order valence-corrected chi connectivity index (χ3v) is 8.19. The summed E-state index contributed by atoms with van der Waals surface area (Å²) in [4.78, 5) is 17.9. The van der Waals surface area contributed by atoms with Gasteiger partial charge in [-0.3, -0.25) is 9.69 Å². The molecule has 3 aliphatic rings. The first-order chi connectivity index (χ1) is 18.0. The maximum Gasteiger partial charge on any atom is 0.231 e. The molecule has 0 N–H and O–H groups in total. The number of piperidine rings is 1. The van der Waals surface area contributed by atoms with Crippen molar-refractivity contribution in [1.82, 2.24) is 9.80 Å². The van der Waals surface area contributed by atoms with E-state index in [1.54, 1.807) is 0 Å². The molecule has 0 saturated carbocycles. The van der Waals surface area contributed by atoms with E-state index in [4.69, 9.17) is 14.2 Å². The minimum absolute atomic E-state index is 0.214. The molecule has 1 fully saturated rings. The molecule has 0 radical (unpaired) electrons. The Hall–Kier alpha value is -2.73. The van der Waals surface area contributed by atoms with Crippen molar-refractivity contribution in [1.29, 1.82) is 0 Å². The second-order valence-corrected chi connectivity index (χ2v) is 11.5. The zero-order valence-corrected chi connectivity index (χ0v) is 22.5. The average molecular weight is 507 g/mol. The number of hydrogen-bond donors (Lipinski definition) is 0. The lowest BCUT2D eigenvalue weighted by molar-refractivity contribution is -0.133. The number of para-hydroxylation sites is 1. The molecule has 1 spiro atoms. The van der Waals surface area contributed by atoms with Gasteiger partial charge >= 0.3 is 0 Å². The quantitative estimate of drug-likeness (QED) is 0.561. The third kappa shape index (κ3) is 6.59. The van der Waals surface area contributed by atoms with E-state index in [1.165, 1.54) is 24.8 Å². The van der Waals surface area contributed by atoms with E-state index in [1.807, 2.05) is 18.2 Å². The van der Waals surface area contributed by atoms with E-state index in [-0.39, 0.29) is 18.1 Å². The van der Waals surface area contributed by atoms with Crippen LogP contribution in [0.4, 0.5) is 0 Å². The minimum atomic E-state index is 0.214. The van der Waals surface area contributed by atoms with Gasteiger partial charge in [0.2, 0.25) is 12.7 Å². The summed E-state index contributed by atoms with van der Waals surface area (Å²) in [5.41, 5.74) is 2.59. The van der Waals surface area contributed by atoms with Gasteiger partial charge in [-0.25, -0.2) is 0 Å². The first kappa shape index (κ1) is 25.9. The fourth-order valence-corrected chi connectivity index (χ4v) is 6.23. The topological polar surface area (TPSA) is 51.2 Å². The summed E-state index contributed by atoms with van der Waals surface area (Å²) in [7, 11) is 0. The standard InChI is InChI=1S/C31H42N2O4/c1-24(2)21-32-17-18-35-27-9-4-3-7-26(27)8-5-6-12-31(22-32)13-15-33(16-14-31)30(34)20-25-10-11-28-29(19-25)37-23-36-28/h3-4,7,9-11,19,24H,5-6,8,12-18,20-23H2,1-2H3. The van der Waals surface area contributed by atoms with Crippen LogP contribution in [0.2, 0.25) is 0 Å². The smallest absolute Gasteiger partial charge is 0.231 e. The van der Waals surface area contributed by atoms with E-state index in [0.717, 1.165) is 81.4 Å². The van der Waals surface area contributed by atoms with Gasteiger partial charge in [0, 0.05) is 32.7 Å². The highest BCUT2D eigenvalue weighted by atomic mass is 16.7. The van der Waals surface area contributed by atoms with Crippen LogP contribution in [0.5, 0.6) is 17.2 Å². The molecule has 6 nitrogen and oxygen atoms in total. The lowest BCUT2D eigenvalue weighted by Gasteiger charge is -2.45. The first-order valence-electron chi connectivity index (χ1n) is 14.1. The van der Waals surface area contributed by atoms with Crippen LogP contribution in [0.3, 0.4) is 0 Å². The van der Waals surface area contributed by atoms with Crippen molar-refractivity contribution in [2.24, 2.45) is 11.3 Å². The molecule has 0 atom stereocenters. The Labute approximate surface area is 221 Å². The monoisotopic (exact) mass is 506 g/mol. The van der Waals surface area contributed by atoms with E-state index in [2.05, 4.69) is 47.9 Å². The average Bonchev–Trinajstić information content (AvgIpc) is 3.35. The number of amides is 1. The number of carbonyl (C=O) groups is 1. The molecule has 0 bridgehead atoms. The Kier molecular flexibility index (Phi) is 8.23. The Morgan fingerprint density at radius 2 is 1.73 bits per heavy atom. The molecule has 200 valence electrons. The number of carbonyl (C=O) groups excluding carboxylic acids is 1. The van der Waals surface area contributed by atoms with Gasteiger partial charge in [-0.05, 0) is 72.8 Å². The van der Waals surface area contributed by atoms with Crippen molar-refractivity contribution in [2.75, 3.05) is 46.1 Å². The summed E-state index contributed by atoms with van der Waals surface area (Å²) in [6, 6.07) is 14.4. The van der Waals surface area contributed by atoms with Gasteiger partial charge < -0.3 is 19.1 Å². The molecule has 6 heteroatoms. The van der Waals surface area contributed by atoms with Crippen molar-refractivity contribution in [3.05, 3.63) is 53.6 Å². The van der Waals surface area contributed by atoms with Crippen molar-refractivity contribution in [3.8, 4) is 17.2 Å². The highest BCUT2D eigenvalue weighted by molar-refractivity contribution is 5.79. The van der Waals surface area contributed by atoms with E-state index < -0.39 is 0 Å². The van der Waals surface area contributed by atoms with Gasteiger partial charge in [0.1, 0.15) is 12.4 Å². The Morgan fingerprint density at radius 1 is 0.919 bits per heavy atom. The van der Waals surface area contributed by atoms with Crippen LogP contribution < -0.4 is 14.2 Å². The van der Waals surface area contributed by atoms with Crippen LogP contribution >= 0.6 is 0 Å². The number of hydrogen-bond acceptors (Lipinski definition) is 5. The van der Waals surface area contributed by atoms with Gasteiger partial charge in [-0.15, -0.1) is 0 Å². The number of benzene rings is 2. The molecule has 2 aromatic carbocycles. The fourth-order valence-electron chi connectivity index (χ4n) is 6.23. The van der Waals surface area contributed by atoms with Crippen LogP contribution in [0.15, 0.2) is 42.5 Å². The Morgan fingerprint density at radius 3 is 2.57 bits per heavy atom. The summed E-state index contributed by atoms with van der Waals surface area (Å²) in [5.74, 6) is 3.38. The minimum Gasteiger partial charge on any atom is -0.492 e. The molecule has 0 aromatic heterocycles. The highest BCUT2D eigenvalue weighted by Gasteiger charge is 2.37. The van der Waals surface area contributed by atoms with Crippen LogP contribution in [0, 0.1) is 11.3 Å². The van der Waals surface area contributed by atoms with Crippen LogP contribution in [0.1, 0.15) is 57.1 Å².